The van der Waals surface area contributed by atoms with E-state index in [0.717, 1.165) is 0 Å². The molecule has 0 aromatic heterocycles. The molecule has 0 bridgehead atoms. The van der Waals surface area contributed by atoms with E-state index in [9.17, 15) is 12.8 Å². The normalized spacial score (nSPS) is 12.9. The summed E-state index contributed by atoms with van der Waals surface area (Å²) < 4.78 is 39.7. The van der Waals surface area contributed by atoms with E-state index in [-0.39, 0.29) is 29.9 Å². The number of likely N-dealkylation sites (N-methyl/N-ethyl adjacent to an activating group) is 1. The highest BCUT2D eigenvalue weighted by Gasteiger charge is 2.20. The Kier molecular flexibility index (Phi) is 6.77. The largest absolute Gasteiger partial charge is 0.316 e. The quantitative estimate of drug-likeness (QED) is 0.864. The summed E-state index contributed by atoms with van der Waals surface area (Å²) in [5, 5.41) is 2.89. The van der Waals surface area contributed by atoms with Gasteiger partial charge in [-0.05, 0) is 32.5 Å². The topological polar surface area (TPSA) is 58.2 Å². The Morgan fingerprint density at radius 3 is 2.56 bits per heavy atom. The monoisotopic (exact) mass is 296 g/mol. The number of hydrogen-bond acceptors (Lipinski definition) is 3. The first-order valence-corrected chi connectivity index (χ1v) is 6.79. The zero-order valence-electron chi connectivity index (χ0n) is 10.5. The van der Waals surface area contributed by atoms with E-state index in [0.29, 0.717) is 5.56 Å². The van der Waals surface area contributed by atoms with Gasteiger partial charge in [-0.25, -0.2) is 17.5 Å². The first-order valence-electron chi connectivity index (χ1n) is 5.30. The lowest BCUT2D eigenvalue weighted by atomic mass is 10.2. The number of aryl methyl sites for hydroxylation is 1. The molecule has 1 atom stereocenters. The van der Waals surface area contributed by atoms with Crippen molar-refractivity contribution in [3.05, 3.63) is 29.6 Å². The van der Waals surface area contributed by atoms with Crippen molar-refractivity contribution in [1.29, 1.82) is 0 Å². The van der Waals surface area contributed by atoms with Crippen LogP contribution in [0.1, 0.15) is 12.5 Å². The Morgan fingerprint density at radius 2 is 2.00 bits per heavy atom. The van der Waals surface area contributed by atoms with Crippen LogP contribution in [0.25, 0.3) is 0 Å². The van der Waals surface area contributed by atoms with Gasteiger partial charge in [0.15, 0.2) is 0 Å². The third kappa shape index (κ3) is 4.20. The molecule has 2 N–H and O–H groups in total. The van der Waals surface area contributed by atoms with Crippen molar-refractivity contribution >= 4 is 22.4 Å². The van der Waals surface area contributed by atoms with Gasteiger partial charge in [0.2, 0.25) is 10.0 Å². The van der Waals surface area contributed by atoms with Gasteiger partial charge >= 0.3 is 0 Å². The van der Waals surface area contributed by atoms with Crippen LogP contribution in [-0.4, -0.2) is 28.1 Å². The fraction of sp³-hybridized carbons (Fsp3) is 0.455. The van der Waals surface area contributed by atoms with Gasteiger partial charge in [0.25, 0.3) is 0 Å². The Hall–Kier alpha value is -0.690. The number of sulfonamides is 1. The number of benzene rings is 1. The summed E-state index contributed by atoms with van der Waals surface area (Å²) >= 11 is 0. The SMILES string of the molecule is CNC(C)CNS(=O)(=O)c1cccc(C)c1F.Cl. The van der Waals surface area contributed by atoms with Gasteiger partial charge in [-0.15, -0.1) is 12.4 Å². The number of halogens is 2. The molecule has 18 heavy (non-hydrogen) atoms. The average molecular weight is 297 g/mol. The third-order valence-electron chi connectivity index (χ3n) is 2.52. The van der Waals surface area contributed by atoms with Gasteiger partial charge in [-0.3, -0.25) is 0 Å². The fourth-order valence-corrected chi connectivity index (χ4v) is 2.52. The summed E-state index contributed by atoms with van der Waals surface area (Å²) in [4.78, 5) is -0.305. The van der Waals surface area contributed by atoms with Crippen LogP contribution in [0.15, 0.2) is 23.1 Å². The van der Waals surface area contributed by atoms with Gasteiger partial charge in [-0.2, -0.15) is 0 Å². The molecule has 0 amide bonds. The van der Waals surface area contributed by atoms with Crippen LogP contribution in [0.3, 0.4) is 0 Å². The van der Waals surface area contributed by atoms with E-state index >= 15 is 0 Å². The molecule has 4 nitrogen and oxygen atoms in total. The highest BCUT2D eigenvalue weighted by atomic mass is 35.5. The second kappa shape index (κ2) is 7.04. The standard InChI is InChI=1S/C11H17FN2O2S.ClH/c1-8-5-4-6-10(11(8)12)17(15,16)14-7-9(2)13-3;/h4-6,9,13-14H,7H2,1-3H3;1H. The highest BCUT2D eigenvalue weighted by molar-refractivity contribution is 7.89. The lowest BCUT2D eigenvalue weighted by molar-refractivity contribution is 0.538. The first-order chi connectivity index (χ1) is 7.88. The Labute approximate surface area is 113 Å². The van der Waals surface area contributed by atoms with Gasteiger partial charge in [0.1, 0.15) is 10.7 Å². The summed E-state index contributed by atoms with van der Waals surface area (Å²) in [5.74, 6) is -0.697. The molecule has 0 aliphatic rings. The van der Waals surface area contributed by atoms with Crippen molar-refractivity contribution in [2.45, 2.75) is 24.8 Å². The molecule has 1 aromatic carbocycles. The second-order valence-electron chi connectivity index (χ2n) is 3.93. The Balaban J connectivity index is 0.00000289. The van der Waals surface area contributed by atoms with E-state index < -0.39 is 15.8 Å². The summed E-state index contributed by atoms with van der Waals surface area (Å²) in [7, 11) is -2.06. The predicted molar refractivity (Wildman–Crippen MR) is 72.1 cm³/mol. The third-order valence-corrected chi connectivity index (χ3v) is 3.96. The summed E-state index contributed by atoms with van der Waals surface area (Å²) in [6.07, 6.45) is 0. The zero-order chi connectivity index (χ0) is 13.1. The van der Waals surface area contributed by atoms with Gasteiger partial charge in [0.05, 0.1) is 0 Å². The van der Waals surface area contributed by atoms with E-state index in [1.54, 1.807) is 7.05 Å². The molecule has 1 rings (SSSR count). The summed E-state index contributed by atoms with van der Waals surface area (Å²) in [6.45, 7) is 3.58. The van der Waals surface area contributed by atoms with Crippen molar-refractivity contribution in [1.82, 2.24) is 10.0 Å². The minimum absolute atomic E-state index is 0. The molecular formula is C11H18ClFN2O2S. The molecular weight excluding hydrogens is 279 g/mol. The van der Waals surface area contributed by atoms with Crippen LogP contribution in [0, 0.1) is 12.7 Å². The fourth-order valence-electron chi connectivity index (χ4n) is 1.24. The van der Waals surface area contributed by atoms with Crippen molar-refractivity contribution < 1.29 is 12.8 Å². The van der Waals surface area contributed by atoms with E-state index in [4.69, 9.17) is 0 Å². The molecule has 7 heteroatoms. The molecule has 1 aromatic rings. The van der Waals surface area contributed by atoms with Crippen LogP contribution in [0.2, 0.25) is 0 Å². The van der Waals surface area contributed by atoms with Crippen LogP contribution < -0.4 is 10.0 Å². The summed E-state index contributed by atoms with van der Waals surface area (Å²) in [5.41, 5.74) is 0.314. The van der Waals surface area contributed by atoms with Crippen molar-refractivity contribution in [3.8, 4) is 0 Å². The molecule has 1 unspecified atom stereocenters. The molecule has 0 heterocycles. The van der Waals surface area contributed by atoms with Gasteiger partial charge < -0.3 is 5.32 Å². The molecule has 0 saturated heterocycles. The molecule has 0 aliphatic heterocycles. The van der Waals surface area contributed by atoms with Crippen LogP contribution in [0.5, 0.6) is 0 Å². The summed E-state index contributed by atoms with van der Waals surface area (Å²) in [6, 6.07) is 4.30. The van der Waals surface area contributed by atoms with Gasteiger partial charge in [0, 0.05) is 12.6 Å². The number of rotatable bonds is 5. The lowest BCUT2D eigenvalue weighted by Gasteiger charge is -2.12. The van der Waals surface area contributed by atoms with Crippen LogP contribution in [-0.2, 0) is 10.0 Å². The first kappa shape index (κ1) is 17.3. The number of nitrogens with one attached hydrogen (secondary N) is 2. The second-order valence-corrected chi connectivity index (χ2v) is 5.66. The smallest absolute Gasteiger partial charge is 0.243 e. The van der Waals surface area contributed by atoms with E-state index in [1.807, 2.05) is 6.92 Å². The molecule has 0 saturated carbocycles. The lowest BCUT2D eigenvalue weighted by Crippen LogP contribution is -2.37. The van der Waals surface area contributed by atoms with E-state index in [1.165, 1.54) is 25.1 Å². The molecule has 0 spiro atoms. The molecule has 104 valence electrons. The number of hydrogen-bond donors (Lipinski definition) is 2. The highest BCUT2D eigenvalue weighted by Crippen LogP contribution is 2.16. The van der Waals surface area contributed by atoms with Crippen molar-refractivity contribution in [2.75, 3.05) is 13.6 Å². The maximum absolute atomic E-state index is 13.7. The molecule has 0 aliphatic carbocycles. The van der Waals surface area contributed by atoms with Crippen LogP contribution in [0.4, 0.5) is 4.39 Å². The Bertz CT molecular complexity index is 494. The van der Waals surface area contributed by atoms with Crippen molar-refractivity contribution in [2.24, 2.45) is 0 Å². The van der Waals surface area contributed by atoms with Gasteiger partial charge in [-0.1, -0.05) is 12.1 Å². The molecule has 0 radical (unpaired) electrons. The maximum atomic E-state index is 13.7. The zero-order valence-corrected chi connectivity index (χ0v) is 12.2. The predicted octanol–water partition coefficient (Wildman–Crippen LogP) is 1.44. The van der Waals surface area contributed by atoms with Crippen LogP contribution >= 0.6 is 12.4 Å². The van der Waals surface area contributed by atoms with Crippen molar-refractivity contribution in [3.63, 3.8) is 0 Å². The minimum atomic E-state index is -3.78. The van der Waals surface area contributed by atoms with E-state index in [2.05, 4.69) is 10.0 Å². The maximum Gasteiger partial charge on any atom is 0.243 e. The Morgan fingerprint density at radius 1 is 1.39 bits per heavy atom. The average Bonchev–Trinajstić information content (AvgIpc) is 2.29. The minimum Gasteiger partial charge on any atom is -0.316 e. The molecule has 0 fully saturated rings.